The summed E-state index contributed by atoms with van der Waals surface area (Å²) in [5.74, 6) is 0. The van der Waals surface area contributed by atoms with Gasteiger partial charge in [0.1, 0.15) is 4.90 Å². The molecule has 0 aliphatic heterocycles. The summed E-state index contributed by atoms with van der Waals surface area (Å²) < 4.78 is 31.3. The predicted octanol–water partition coefficient (Wildman–Crippen LogP) is 1.97. The molecule has 0 fully saturated rings. The quantitative estimate of drug-likeness (QED) is 0.621. The standard InChI is InChI=1S/C11H10O3S.Al/c1-8-7-11(15(12,13)14)10-6-4-2-3-5-9(8)10;/h2-7H,1H3,(H,12,13,14);. The highest BCUT2D eigenvalue weighted by molar-refractivity contribution is 7.86. The molecule has 81 valence electrons. The molecule has 0 atom stereocenters. The van der Waals surface area contributed by atoms with Crippen LogP contribution >= 0.6 is 0 Å². The van der Waals surface area contributed by atoms with E-state index >= 15 is 0 Å². The molecule has 0 unspecified atom stereocenters. The van der Waals surface area contributed by atoms with Crippen molar-refractivity contribution in [3.8, 4) is 11.1 Å². The molecule has 0 spiro atoms. The zero-order valence-corrected chi connectivity index (χ0v) is 10.7. The van der Waals surface area contributed by atoms with Crippen LogP contribution in [-0.2, 0) is 10.1 Å². The maximum atomic E-state index is 11.1. The SMILES string of the molecule is Cc1cc(S(=O)(=O)O)c2cccccc1-2.[Al]. The predicted molar refractivity (Wildman–Crippen MR) is 63.4 cm³/mol. The van der Waals surface area contributed by atoms with Gasteiger partial charge in [-0.1, -0.05) is 30.3 Å². The summed E-state index contributed by atoms with van der Waals surface area (Å²) in [6, 6.07) is 10.4. The van der Waals surface area contributed by atoms with Crippen LogP contribution in [0.25, 0.3) is 11.1 Å². The summed E-state index contributed by atoms with van der Waals surface area (Å²) in [7, 11) is -4.14. The first-order chi connectivity index (χ1) is 7.00. The number of aryl methyl sites for hydroxylation is 1. The lowest BCUT2D eigenvalue weighted by atomic mass is 10.1. The van der Waals surface area contributed by atoms with Gasteiger partial charge < -0.3 is 0 Å². The Morgan fingerprint density at radius 1 is 1.06 bits per heavy atom. The molecule has 0 heterocycles. The van der Waals surface area contributed by atoms with Crippen molar-refractivity contribution in [2.24, 2.45) is 0 Å². The van der Waals surface area contributed by atoms with E-state index in [0.717, 1.165) is 11.1 Å². The van der Waals surface area contributed by atoms with Crippen molar-refractivity contribution in [3.63, 3.8) is 0 Å². The largest absolute Gasteiger partial charge is 0.295 e. The Balaban J connectivity index is 0.00000128. The van der Waals surface area contributed by atoms with Gasteiger partial charge in [-0.05, 0) is 24.1 Å². The van der Waals surface area contributed by atoms with E-state index in [1.165, 1.54) is 6.07 Å². The van der Waals surface area contributed by atoms with E-state index in [0.29, 0.717) is 5.56 Å². The van der Waals surface area contributed by atoms with E-state index in [2.05, 4.69) is 0 Å². The van der Waals surface area contributed by atoms with E-state index < -0.39 is 10.1 Å². The molecule has 3 radical (unpaired) electrons. The molecule has 16 heavy (non-hydrogen) atoms. The molecule has 0 saturated heterocycles. The third-order valence-corrected chi connectivity index (χ3v) is 3.25. The Kier molecular flexibility index (Phi) is 3.77. The zero-order chi connectivity index (χ0) is 11.1. The van der Waals surface area contributed by atoms with Crippen molar-refractivity contribution in [2.45, 2.75) is 11.8 Å². The first kappa shape index (κ1) is 13.2. The summed E-state index contributed by atoms with van der Waals surface area (Å²) in [4.78, 5) is -0.0220. The van der Waals surface area contributed by atoms with Gasteiger partial charge in [0.15, 0.2) is 0 Å². The minimum absolute atomic E-state index is 0. The summed E-state index contributed by atoms with van der Waals surface area (Å²) in [6.07, 6.45) is 0. The monoisotopic (exact) mass is 249 g/mol. The topological polar surface area (TPSA) is 54.4 Å². The Hall–Kier alpha value is -0.858. The van der Waals surface area contributed by atoms with Crippen molar-refractivity contribution >= 4 is 27.5 Å². The van der Waals surface area contributed by atoms with Gasteiger partial charge >= 0.3 is 0 Å². The van der Waals surface area contributed by atoms with Crippen LogP contribution in [0.15, 0.2) is 41.3 Å². The van der Waals surface area contributed by atoms with Crippen LogP contribution < -0.4 is 0 Å². The molecule has 5 heteroatoms. The third-order valence-electron chi connectivity index (χ3n) is 2.35. The summed E-state index contributed by atoms with van der Waals surface area (Å²) in [6.45, 7) is 1.82. The van der Waals surface area contributed by atoms with Crippen LogP contribution in [0.1, 0.15) is 5.56 Å². The summed E-state index contributed by atoms with van der Waals surface area (Å²) in [5, 5.41) is 0. The van der Waals surface area contributed by atoms with Gasteiger partial charge in [0.2, 0.25) is 0 Å². The molecule has 1 N–H and O–H groups in total. The number of hydrogen-bond donors (Lipinski definition) is 1. The maximum Gasteiger partial charge on any atom is 0.295 e. The van der Waals surface area contributed by atoms with Gasteiger partial charge in [-0.3, -0.25) is 4.55 Å². The highest BCUT2D eigenvalue weighted by Gasteiger charge is 2.20. The van der Waals surface area contributed by atoms with Gasteiger partial charge in [-0.25, -0.2) is 0 Å². The zero-order valence-electron chi connectivity index (χ0n) is 8.71. The Labute approximate surface area is 105 Å². The molecule has 0 amide bonds. The van der Waals surface area contributed by atoms with Crippen molar-refractivity contribution in [1.29, 1.82) is 0 Å². The van der Waals surface area contributed by atoms with Crippen LogP contribution in [0.3, 0.4) is 0 Å². The second-order valence-electron chi connectivity index (χ2n) is 3.40. The normalized spacial score (nSPS) is 11.1. The minimum atomic E-state index is -4.14. The molecule has 0 bridgehead atoms. The van der Waals surface area contributed by atoms with Crippen molar-refractivity contribution < 1.29 is 13.0 Å². The van der Waals surface area contributed by atoms with E-state index in [4.69, 9.17) is 4.55 Å². The highest BCUT2D eigenvalue weighted by Crippen LogP contribution is 2.33. The lowest BCUT2D eigenvalue weighted by Gasteiger charge is -1.97. The lowest BCUT2D eigenvalue weighted by Crippen LogP contribution is -1.96. The van der Waals surface area contributed by atoms with Crippen molar-refractivity contribution in [1.82, 2.24) is 0 Å². The molecule has 2 aliphatic carbocycles. The number of fused-ring (bicyclic) bond motifs is 1. The highest BCUT2D eigenvalue weighted by atomic mass is 32.2. The van der Waals surface area contributed by atoms with Crippen LogP contribution in [-0.4, -0.2) is 30.3 Å². The van der Waals surface area contributed by atoms with Crippen LogP contribution in [0, 0.1) is 6.92 Å². The smallest absolute Gasteiger partial charge is 0.282 e. The van der Waals surface area contributed by atoms with E-state index in [9.17, 15) is 8.42 Å². The van der Waals surface area contributed by atoms with Gasteiger partial charge in [0.25, 0.3) is 10.1 Å². The second kappa shape index (κ2) is 4.56. The Morgan fingerprint density at radius 2 is 1.62 bits per heavy atom. The molecular weight excluding hydrogens is 239 g/mol. The van der Waals surface area contributed by atoms with Gasteiger partial charge in [-0.15, -0.1) is 0 Å². The Morgan fingerprint density at radius 3 is 2.19 bits per heavy atom. The molecule has 0 aromatic carbocycles. The Bertz CT molecular complexity index is 578. The van der Waals surface area contributed by atoms with Crippen molar-refractivity contribution in [3.05, 3.63) is 42.0 Å². The van der Waals surface area contributed by atoms with E-state index in [1.807, 2.05) is 25.1 Å². The summed E-state index contributed by atoms with van der Waals surface area (Å²) >= 11 is 0. The van der Waals surface area contributed by atoms with Gasteiger partial charge in [-0.2, -0.15) is 8.42 Å². The first-order valence-electron chi connectivity index (χ1n) is 4.46. The lowest BCUT2D eigenvalue weighted by molar-refractivity contribution is 0.484. The van der Waals surface area contributed by atoms with Crippen LogP contribution in [0.2, 0.25) is 0 Å². The average Bonchev–Trinajstić information content (AvgIpc) is 2.37. The molecule has 0 saturated carbocycles. The van der Waals surface area contributed by atoms with Gasteiger partial charge in [0, 0.05) is 22.9 Å². The van der Waals surface area contributed by atoms with Crippen LogP contribution in [0.5, 0.6) is 0 Å². The summed E-state index contributed by atoms with van der Waals surface area (Å²) in [5.41, 5.74) is 2.24. The fraction of sp³-hybridized carbons (Fsp3) is 0.0909. The fourth-order valence-corrected chi connectivity index (χ4v) is 2.45. The van der Waals surface area contributed by atoms with E-state index in [1.54, 1.807) is 12.1 Å². The van der Waals surface area contributed by atoms with Crippen molar-refractivity contribution in [2.75, 3.05) is 0 Å². The maximum absolute atomic E-state index is 11.1. The van der Waals surface area contributed by atoms with E-state index in [-0.39, 0.29) is 22.3 Å². The third kappa shape index (κ3) is 2.28. The fourth-order valence-electron chi connectivity index (χ4n) is 1.67. The number of hydrogen-bond acceptors (Lipinski definition) is 2. The molecule has 3 nitrogen and oxygen atoms in total. The molecule has 2 aliphatic rings. The molecule has 0 aromatic heterocycles. The average molecular weight is 249 g/mol. The van der Waals surface area contributed by atoms with Gasteiger partial charge in [0.05, 0.1) is 0 Å². The first-order valence-corrected chi connectivity index (χ1v) is 5.90. The molecule has 2 rings (SSSR count). The second-order valence-corrected chi connectivity index (χ2v) is 4.79. The molecular formula is C11H10AlO3S. The number of rotatable bonds is 1. The molecule has 0 aromatic rings. The minimum Gasteiger partial charge on any atom is -0.282 e. The van der Waals surface area contributed by atoms with Crippen LogP contribution in [0.4, 0.5) is 0 Å².